The lowest BCUT2D eigenvalue weighted by Gasteiger charge is -2.33. The topological polar surface area (TPSA) is 117 Å². The minimum atomic E-state index is -0.419. The molecule has 4 rings (SSSR count). The summed E-state index contributed by atoms with van der Waals surface area (Å²) in [5.74, 6) is 0.175. The highest BCUT2D eigenvalue weighted by atomic mass is 16.2. The largest absolute Gasteiger partial charge is 0.337 e. The molecule has 1 atom stereocenters. The SMILES string of the molecule is CC1CCCCN1CCCCNC(=O)NNC(=O)c1ccc(Cn2nnc(-c3ccccc3)n2)cc1. The van der Waals surface area contributed by atoms with Gasteiger partial charge in [-0.1, -0.05) is 48.9 Å². The monoisotopic (exact) mass is 490 g/mol. The zero-order chi connectivity index (χ0) is 25.2. The number of unbranched alkanes of at least 4 members (excludes halogenated alkanes) is 1. The van der Waals surface area contributed by atoms with Crippen molar-refractivity contribution in [2.75, 3.05) is 19.6 Å². The van der Waals surface area contributed by atoms with Gasteiger partial charge in [-0.15, -0.1) is 10.2 Å². The van der Waals surface area contributed by atoms with E-state index in [1.807, 2.05) is 42.5 Å². The van der Waals surface area contributed by atoms with Crippen LogP contribution in [0.2, 0.25) is 0 Å². The number of carbonyl (C=O) groups is 2. The molecule has 1 aliphatic rings. The van der Waals surface area contributed by atoms with Gasteiger partial charge in [-0.05, 0) is 68.6 Å². The molecule has 10 nitrogen and oxygen atoms in total. The summed E-state index contributed by atoms with van der Waals surface area (Å²) in [6, 6.07) is 16.9. The summed E-state index contributed by atoms with van der Waals surface area (Å²) >= 11 is 0. The van der Waals surface area contributed by atoms with E-state index in [0.29, 0.717) is 30.5 Å². The highest BCUT2D eigenvalue weighted by Crippen LogP contribution is 2.16. The molecule has 1 saturated heterocycles. The molecule has 3 amide bonds. The van der Waals surface area contributed by atoms with Crippen LogP contribution < -0.4 is 16.2 Å². The zero-order valence-electron chi connectivity index (χ0n) is 20.7. The van der Waals surface area contributed by atoms with Crippen LogP contribution in [0.25, 0.3) is 11.4 Å². The second-order valence-electron chi connectivity index (χ2n) is 9.13. The Morgan fingerprint density at radius 3 is 2.58 bits per heavy atom. The molecule has 2 heterocycles. The van der Waals surface area contributed by atoms with Gasteiger partial charge < -0.3 is 10.2 Å². The predicted molar refractivity (Wildman–Crippen MR) is 137 cm³/mol. The van der Waals surface area contributed by atoms with Crippen LogP contribution in [0.1, 0.15) is 54.9 Å². The fourth-order valence-electron chi connectivity index (χ4n) is 4.30. The van der Waals surface area contributed by atoms with Crippen molar-refractivity contribution in [2.45, 2.75) is 51.6 Å². The van der Waals surface area contributed by atoms with E-state index in [1.54, 1.807) is 12.1 Å². The molecular formula is C26H34N8O2. The van der Waals surface area contributed by atoms with Gasteiger partial charge in [-0.2, -0.15) is 4.80 Å². The van der Waals surface area contributed by atoms with Crippen LogP contribution in [-0.4, -0.2) is 62.7 Å². The van der Waals surface area contributed by atoms with Crippen LogP contribution in [0.5, 0.6) is 0 Å². The Kier molecular flexibility index (Phi) is 8.98. The first kappa shape index (κ1) is 25.3. The number of hydrogen-bond donors (Lipinski definition) is 3. The smallest absolute Gasteiger partial charge is 0.333 e. The van der Waals surface area contributed by atoms with Gasteiger partial charge in [0.2, 0.25) is 5.82 Å². The molecule has 0 radical (unpaired) electrons. The fourth-order valence-corrected chi connectivity index (χ4v) is 4.30. The van der Waals surface area contributed by atoms with Crippen molar-refractivity contribution < 1.29 is 9.59 Å². The molecule has 10 heteroatoms. The maximum absolute atomic E-state index is 12.4. The van der Waals surface area contributed by atoms with Gasteiger partial charge in [0.1, 0.15) is 0 Å². The molecule has 1 aliphatic heterocycles. The van der Waals surface area contributed by atoms with E-state index in [2.05, 4.69) is 43.4 Å². The lowest BCUT2D eigenvalue weighted by molar-refractivity contribution is 0.0936. The maximum atomic E-state index is 12.4. The molecule has 0 aliphatic carbocycles. The van der Waals surface area contributed by atoms with Crippen molar-refractivity contribution in [3.8, 4) is 11.4 Å². The van der Waals surface area contributed by atoms with Crippen molar-refractivity contribution in [1.29, 1.82) is 0 Å². The molecule has 3 aromatic rings. The number of benzene rings is 2. The molecule has 36 heavy (non-hydrogen) atoms. The number of likely N-dealkylation sites (tertiary alicyclic amines) is 1. The van der Waals surface area contributed by atoms with E-state index >= 15 is 0 Å². The lowest BCUT2D eigenvalue weighted by Crippen LogP contribution is -2.47. The van der Waals surface area contributed by atoms with Crippen molar-refractivity contribution in [2.24, 2.45) is 0 Å². The Hall–Kier alpha value is -3.79. The Morgan fingerprint density at radius 2 is 1.81 bits per heavy atom. The van der Waals surface area contributed by atoms with E-state index in [0.717, 1.165) is 30.5 Å². The third kappa shape index (κ3) is 7.35. The fraction of sp³-hybridized carbons (Fsp3) is 0.423. The molecule has 0 saturated carbocycles. The van der Waals surface area contributed by atoms with Gasteiger partial charge in [0.25, 0.3) is 5.91 Å². The van der Waals surface area contributed by atoms with Crippen LogP contribution in [0.4, 0.5) is 4.79 Å². The second-order valence-corrected chi connectivity index (χ2v) is 9.13. The summed E-state index contributed by atoms with van der Waals surface area (Å²) in [6.07, 6.45) is 5.83. The van der Waals surface area contributed by atoms with Gasteiger partial charge in [0.15, 0.2) is 0 Å². The number of aromatic nitrogens is 4. The number of urea groups is 1. The van der Waals surface area contributed by atoms with Crippen LogP contribution in [-0.2, 0) is 6.54 Å². The quantitative estimate of drug-likeness (QED) is 0.314. The summed E-state index contributed by atoms with van der Waals surface area (Å²) < 4.78 is 0. The Labute approximate surface area is 211 Å². The third-order valence-corrected chi connectivity index (χ3v) is 6.41. The van der Waals surface area contributed by atoms with E-state index in [4.69, 9.17) is 0 Å². The standard InChI is InChI=1S/C26H34N8O2/c1-20-9-5-7-17-33(20)18-8-6-16-27-26(36)30-29-25(35)23-14-12-21(13-15-23)19-34-31-24(28-32-34)22-10-3-2-4-11-22/h2-4,10-15,20H,5-9,16-19H2,1H3,(H,29,35)(H2,27,30,36). The lowest BCUT2D eigenvalue weighted by atomic mass is 10.0. The van der Waals surface area contributed by atoms with Crippen LogP contribution in [0.15, 0.2) is 54.6 Å². The molecule has 0 bridgehead atoms. The summed E-state index contributed by atoms with van der Waals surface area (Å²) in [5, 5.41) is 15.4. The van der Waals surface area contributed by atoms with E-state index in [9.17, 15) is 9.59 Å². The first-order chi connectivity index (χ1) is 17.6. The number of amides is 3. The number of nitrogens with zero attached hydrogens (tertiary/aromatic N) is 5. The summed E-state index contributed by atoms with van der Waals surface area (Å²) in [5.41, 5.74) is 7.11. The number of carbonyl (C=O) groups excluding carboxylic acids is 2. The van der Waals surface area contributed by atoms with Crippen molar-refractivity contribution in [1.82, 2.24) is 41.3 Å². The van der Waals surface area contributed by atoms with Crippen molar-refractivity contribution >= 4 is 11.9 Å². The molecule has 190 valence electrons. The molecule has 3 N–H and O–H groups in total. The summed E-state index contributed by atoms with van der Waals surface area (Å²) in [4.78, 5) is 28.4. The Morgan fingerprint density at radius 1 is 1.00 bits per heavy atom. The molecular weight excluding hydrogens is 456 g/mol. The van der Waals surface area contributed by atoms with Crippen LogP contribution >= 0.6 is 0 Å². The predicted octanol–water partition coefficient (Wildman–Crippen LogP) is 2.99. The molecule has 1 fully saturated rings. The maximum Gasteiger partial charge on any atom is 0.333 e. The number of piperidine rings is 1. The highest BCUT2D eigenvalue weighted by molar-refractivity contribution is 5.95. The normalized spacial score (nSPS) is 15.9. The van der Waals surface area contributed by atoms with Crippen molar-refractivity contribution in [3.63, 3.8) is 0 Å². The van der Waals surface area contributed by atoms with E-state index in [1.165, 1.54) is 30.6 Å². The summed E-state index contributed by atoms with van der Waals surface area (Å²) in [7, 11) is 0. The van der Waals surface area contributed by atoms with Gasteiger partial charge in [-0.25, -0.2) is 10.2 Å². The minimum absolute atomic E-state index is 0.388. The average molecular weight is 491 g/mol. The Bertz CT molecular complexity index is 1120. The van der Waals surface area contributed by atoms with Crippen molar-refractivity contribution in [3.05, 3.63) is 65.7 Å². The van der Waals surface area contributed by atoms with Gasteiger partial charge in [-0.3, -0.25) is 10.2 Å². The van der Waals surface area contributed by atoms with Gasteiger partial charge >= 0.3 is 6.03 Å². The molecule has 2 aromatic carbocycles. The zero-order valence-corrected chi connectivity index (χ0v) is 20.7. The first-order valence-electron chi connectivity index (χ1n) is 12.6. The number of rotatable bonds is 9. The highest BCUT2D eigenvalue weighted by Gasteiger charge is 2.17. The molecule has 1 unspecified atom stereocenters. The summed E-state index contributed by atoms with van der Waals surface area (Å²) in [6.45, 7) is 5.53. The first-order valence-corrected chi connectivity index (χ1v) is 12.6. The molecule has 1 aromatic heterocycles. The number of tetrazole rings is 1. The Balaban J connectivity index is 1.14. The van der Waals surface area contributed by atoms with Gasteiger partial charge in [0, 0.05) is 23.7 Å². The number of nitrogens with one attached hydrogen (secondary N) is 3. The van der Waals surface area contributed by atoms with Crippen LogP contribution in [0, 0.1) is 0 Å². The van der Waals surface area contributed by atoms with E-state index in [-0.39, 0.29) is 5.91 Å². The molecule has 0 spiro atoms. The minimum Gasteiger partial charge on any atom is -0.337 e. The third-order valence-electron chi connectivity index (χ3n) is 6.41. The second kappa shape index (κ2) is 12.8. The average Bonchev–Trinajstić information content (AvgIpc) is 3.37. The van der Waals surface area contributed by atoms with E-state index < -0.39 is 6.03 Å². The number of hydrogen-bond acceptors (Lipinski definition) is 6. The van der Waals surface area contributed by atoms with Crippen LogP contribution in [0.3, 0.4) is 0 Å². The number of hydrazine groups is 1. The van der Waals surface area contributed by atoms with Gasteiger partial charge in [0.05, 0.1) is 6.54 Å².